The molecule has 1 unspecified atom stereocenters. The Kier molecular flexibility index (Phi) is 4.22. The Morgan fingerprint density at radius 3 is 2.89 bits per heavy atom. The highest BCUT2D eigenvalue weighted by atomic mass is 35.5. The minimum atomic E-state index is -0.877. The summed E-state index contributed by atoms with van der Waals surface area (Å²) in [6.45, 7) is 2.73. The van der Waals surface area contributed by atoms with Crippen molar-refractivity contribution in [1.82, 2.24) is 15.0 Å². The molecule has 18 heavy (non-hydrogen) atoms. The van der Waals surface area contributed by atoms with E-state index < -0.39 is 6.10 Å². The van der Waals surface area contributed by atoms with Crippen molar-refractivity contribution in [3.8, 4) is 0 Å². The zero-order valence-corrected chi connectivity index (χ0v) is 11.4. The number of nitrogens with zero attached hydrogens (tertiary/aromatic N) is 3. The predicted molar refractivity (Wildman–Crippen MR) is 70.8 cm³/mol. The molecule has 0 amide bonds. The van der Waals surface area contributed by atoms with Crippen molar-refractivity contribution >= 4 is 23.2 Å². The topological polar surface area (TPSA) is 50.9 Å². The highest BCUT2D eigenvalue weighted by molar-refractivity contribution is 6.42. The summed E-state index contributed by atoms with van der Waals surface area (Å²) in [5.74, 6) is 0. The summed E-state index contributed by atoms with van der Waals surface area (Å²) >= 11 is 12.0. The maximum atomic E-state index is 10.3. The van der Waals surface area contributed by atoms with Crippen LogP contribution in [0.15, 0.2) is 24.4 Å². The van der Waals surface area contributed by atoms with E-state index in [0.29, 0.717) is 27.8 Å². The molecule has 6 heteroatoms. The van der Waals surface area contributed by atoms with E-state index >= 15 is 0 Å². The maximum Gasteiger partial charge on any atom is 0.124 e. The summed E-state index contributed by atoms with van der Waals surface area (Å²) in [6.07, 6.45) is 1.57. The van der Waals surface area contributed by atoms with Gasteiger partial charge in [-0.15, -0.1) is 5.10 Å². The second-order valence-corrected chi connectivity index (χ2v) is 4.71. The third-order valence-electron chi connectivity index (χ3n) is 2.64. The monoisotopic (exact) mass is 285 g/mol. The van der Waals surface area contributed by atoms with E-state index in [1.807, 2.05) is 6.92 Å². The molecule has 0 saturated carbocycles. The van der Waals surface area contributed by atoms with Gasteiger partial charge >= 0.3 is 0 Å². The highest BCUT2D eigenvalue weighted by Crippen LogP contribution is 2.32. The maximum absolute atomic E-state index is 10.3. The standard InChI is InChI=1S/C12H13Cl2N3O/c1-2-6-17-10(7-15-16-17)12(18)8-4-3-5-9(13)11(8)14/h3-5,7,12,18H,2,6H2,1H3. The molecule has 0 spiro atoms. The van der Waals surface area contributed by atoms with E-state index in [9.17, 15) is 5.11 Å². The van der Waals surface area contributed by atoms with Crippen molar-refractivity contribution in [2.75, 3.05) is 0 Å². The van der Waals surface area contributed by atoms with E-state index in [2.05, 4.69) is 10.3 Å². The molecule has 4 nitrogen and oxygen atoms in total. The van der Waals surface area contributed by atoms with Gasteiger partial charge in [-0.05, 0) is 12.5 Å². The van der Waals surface area contributed by atoms with Crippen LogP contribution in [0.3, 0.4) is 0 Å². The van der Waals surface area contributed by atoms with Crippen LogP contribution < -0.4 is 0 Å². The number of aryl methyl sites for hydroxylation is 1. The van der Waals surface area contributed by atoms with Crippen LogP contribution in [-0.4, -0.2) is 20.1 Å². The molecule has 0 saturated heterocycles. The van der Waals surface area contributed by atoms with Crippen molar-refractivity contribution in [2.45, 2.75) is 26.0 Å². The first kappa shape index (κ1) is 13.3. The first-order chi connectivity index (χ1) is 8.65. The molecule has 0 aliphatic carbocycles. The van der Waals surface area contributed by atoms with Crippen molar-refractivity contribution in [1.29, 1.82) is 0 Å². The molecule has 1 atom stereocenters. The summed E-state index contributed by atoms with van der Waals surface area (Å²) in [7, 11) is 0. The number of benzene rings is 1. The van der Waals surface area contributed by atoms with Gasteiger partial charge in [0.15, 0.2) is 0 Å². The molecule has 0 aliphatic heterocycles. The molecule has 0 aliphatic rings. The molecular weight excluding hydrogens is 273 g/mol. The van der Waals surface area contributed by atoms with Crippen LogP contribution in [-0.2, 0) is 6.54 Å². The number of halogens is 2. The second kappa shape index (κ2) is 5.69. The summed E-state index contributed by atoms with van der Waals surface area (Å²) in [6, 6.07) is 5.17. The van der Waals surface area contributed by atoms with Crippen molar-refractivity contribution in [3.05, 3.63) is 45.7 Å². The highest BCUT2D eigenvalue weighted by Gasteiger charge is 2.19. The summed E-state index contributed by atoms with van der Waals surface area (Å²) in [4.78, 5) is 0. The number of aromatic nitrogens is 3. The van der Waals surface area contributed by atoms with Crippen LogP contribution in [0, 0.1) is 0 Å². The summed E-state index contributed by atoms with van der Waals surface area (Å²) < 4.78 is 1.67. The number of aliphatic hydroxyl groups excluding tert-OH is 1. The van der Waals surface area contributed by atoms with E-state index in [0.717, 1.165) is 6.42 Å². The normalized spacial score (nSPS) is 12.7. The zero-order valence-electron chi connectivity index (χ0n) is 9.85. The minimum Gasteiger partial charge on any atom is -0.382 e. The Bertz CT molecular complexity index is 542. The summed E-state index contributed by atoms with van der Waals surface area (Å²) in [5.41, 5.74) is 1.17. The Hall–Kier alpha value is -1.10. The number of aliphatic hydroxyl groups is 1. The van der Waals surface area contributed by atoms with Gasteiger partial charge in [-0.25, -0.2) is 4.68 Å². The summed E-state index contributed by atoms with van der Waals surface area (Å²) in [5, 5.41) is 18.9. The fraction of sp³-hybridized carbons (Fsp3) is 0.333. The van der Waals surface area contributed by atoms with Gasteiger partial charge in [-0.2, -0.15) is 0 Å². The molecule has 1 aromatic heterocycles. The lowest BCUT2D eigenvalue weighted by molar-refractivity contribution is 0.207. The lowest BCUT2D eigenvalue weighted by Crippen LogP contribution is -2.10. The molecule has 96 valence electrons. The van der Waals surface area contributed by atoms with E-state index in [-0.39, 0.29) is 0 Å². The van der Waals surface area contributed by atoms with Gasteiger partial charge in [0, 0.05) is 12.1 Å². The van der Waals surface area contributed by atoms with Gasteiger partial charge < -0.3 is 5.11 Å². The van der Waals surface area contributed by atoms with Crippen molar-refractivity contribution in [3.63, 3.8) is 0 Å². The minimum absolute atomic E-state index is 0.357. The molecule has 1 N–H and O–H groups in total. The van der Waals surface area contributed by atoms with E-state index in [1.54, 1.807) is 22.9 Å². The first-order valence-corrected chi connectivity index (χ1v) is 6.41. The zero-order chi connectivity index (χ0) is 13.1. The molecular formula is C12H13Cl2N3O. The lowest BCUT2D eigenvalue weighted by Gasteiger charge is -2.14. The van der Waals surface area contributed by atoms with Crippen LogP contribution in [0.4, 0.5) is 0 Å². The number of hydrogen-bond acceptors (Lipinski definition) is 3. The Labute approximate surface area is 115 Å². The van der Waals surface area contributed by atoms with Gasteiger partial charge in [-0.3, -0.25) is 0 Å². The fourth-order valence-electron chi connectivity index (χ4n) is 1.75. The third kappa shape index (κ3) is 2.51. The second-order valence-electron chi connectivity index (χ2n) is 3.93. The van der Waals surface area contributed by atoms with Crippen LogP contribution in [0.25, 0.3) is 0 Å². The number of hydrogen-bond donors (Lipinski definition) is 1. The SMILES string of the molecule is CCCn1nncc1C(O)c1cccc(Cl)c1Cl. The Balaban J connectivity index is 2.38. The molecule has 0 fully saturated rings. The van der Waals surface area contributed by atoms with Crippen molar-refractivity contribution in [2.24, 2.45) is 0 Å². The molecule has 1 aromatic carbocycles. The molecule has 2 aromatic rings. The fourth-order valence-corrected chi connectivity index (χ4v) is 2.17. The third-order valence-corrected chi connectivity index (χ3v) is 3.47. The van der Waals surface area contributed by atoms with Crippen LogP contribution in [0.1, 0.15) is 30.7 Å². The average Bonchev–Trinajstić information content (AvgIpc) is 2.80. The largest absolute Gasteiger partial charge is 0.382 e. The van der Waals surface area contributed by atoms with Gasteiger partial charge in [0.25, 0.3) is 0 Å². The van der Waals surface area contributed by atoms with Gasteiger partial charge in [-0.1, -0.05) is 47.5 Å². The lowest BCUT2D eigenvalue weighted by atomic mass is 10.1. The smallest absolute Gasteiger partial charge is 0.124 e. The van der Waals surface area contributed by atoms with Gasteiger partial charge in [0.1, 0.15) is 6.10 Å². The van der Waals surface area contributed by atoms with E-state index in [1.165, 1.54) is 6.20 Å². The molecule has 0 bridgehead atoms. The average molecular weight is 286 g/mol. The Morgan fingerprint density at radius 2 is 2.17 bits per heavy atom. The van der Waals surface area contributed by atoms with E-state index in [4.69, 9.17) is 23.2 Å². The Morgan fingerprint density at radius 1 is 1.39 bits per heavy atom. The molecule has 1 heterocycles. The van der Waals surface area contributed by atoms with Crippen molar-refractivity contribution < 1.29 is 5.11 Å². The molecule has 2 rings (SSSR count). The van der Waals surface area contributed by atoms with Gasteiger partial charge in [0.05, 0.1) is 21.9 Å². The first-order valence-electron chi connectivity index (χ1n) is 5.65. The van der Waals surface area contributed by atoms with Gasteiger partial charge in [0.2, 0.25) is 0 Å². The predicted octanol–water partition coefficient (Wildman–Crippen LogP) is 3.08. The van der Waals surface area contributed by atoms with Crippen LogP contribution in [0.2, 0.25) is 10.0 Å². The molecule has 0 radical (unpaired) electrons. The number of rotatable bonds is 4. The van der Waals surface area contributed by atoms with Crippen LogP contribution >= 0.6 is 23.2 Å². The quantitative estimate of drug-likeness (QED) is 0.939. The van der Waals surface area contributed by atoms with Crippen LogP contribution in [0.5, 0.6) is 0 Å².